The highest BCUT2D eigenvalue weighted by Crippen LogP contribution is 2.24. The summed E-state index contributed by atoms with van der Waals surface area (Å²) in [5.41, 5.74) is 2.01. The van der Waals surface area contributed by atoms with Crippen LogP contribution >= 0.6 is 0 Å². The number of anilines is 2. The molecule has 2 N–H and O–H groups in total. The zero-order valence-corrected chi connectivity index (χ0v) is 15.5. The zero-order chi connectivity index (χ0) is 19.9. The van der Waals surface area contributed by atoms with Gasteiger partial charge in [0.2, 0.25) is 0 Å². The highest BCUT2D eigenvalue weighted by Gasteiger charge is 2.08. The average molecular weight is 385 g/mol. The van der Waals surface area contributed by atoms with E-state index in [2.05, 4.69) is 15.6 Å². The van der Waals surface area contributed by atoms with Gasteiger partial charge in [-0.2, -0.15) is 0 Å². The van der Waals surface area contributed by atoms with Crippen molar-refractivity contribution in [2.45, 2.75) is 6.54 Å². The molecule has 0 unspecified atom stereocenters. The summed E-state index contributed by atoms with van der Waals surface area (Å²) in [5, 5.41) is 6.02. The summed E-state index contributed by atoms with van der Waals surface area (Å²) in [6, 6.07) is 24.3. The van der Waals surface area contributed by atoms with Crippen LogP contribution in [0.25, 0.3) is 0 Å². The quantitative estimate of drug-likeness (QED) is 0.461. The molecule has 0 fully saturated rings. The molecule has 0 aliphatic rings. The molecule has 0 saturated heterocycles. The molecular weight excluding hydrogens is 366 g/mol. The second kappa shape index (κ2) is 8.75. The Bertz CT molecular complexity index is 1050. The maximum Gasteiger partial charge on any atom is 0.270 e. The monoisotopic (exact) mass is 385 g/mol. The van der Waals surface area contributed by atoms with Gasteiger partial charge in [0.05, 0.1) is 24.7 Å². The minimum Gasteiger partial charge on any atom is -0.467 e. The summed E-state index contributed by atoms with van der Waals surface area (Å²) in [6.45, 7) is 0.324. The summed E-state index contributed by atoms with van der Waals surface area (Å²) in [6.07, 6.45) is 3.19. The van der Waals surface area contributed by atoms with E-state index in [1.165, 1.54) is 0 Å². The van der Waals surface area contributed by atoms with Crippen molar-refractivity contribution in [3.05, 3.63) is 103 Å². The number of carbonyl (C=O) groups is 1. The predicted octanol–water partition coefficient (Wildman–Crippen LogP) is 5.14. The Morgan fingerprint density at radius 2 is 1.62 bits per heavy atom. The molecule has 144 valence electrons. The molecular formula is C23H19N3O3. The van der Waals surface area contributed by atoms with Crippen LogP contribution in [-0.2, 0) is 6.54 Å². The van der Waals surface area contributed by atoms with E-state index < -0.39 is 0 Å². The normalized spacial score (nSPS) is 10.3. The number of ether oxygens (including phenoxy) is 1. The molecule has 2 aromatic carbocycles. The van der Waals surface area contributed by atoms with Crippen molar-refractivity contribution < 1.29 is 13.9 Å². The van der Waals surface area contributed by atoms with Gasteiger partial charge >= 0.3 is 0 Å². The number of amides is 1. The minimum atomic E-state index is -0.254. The lowest BCUT2D eigenvalue weighted by Crippen LogP contribution is -2.23. The number of benzene rings is 2. The first-order chi connectivity index (χ1) is 14.3. The van der Waals surface area contributed by atoms with Crippen molar-refractivity contribution in [1.82, 2.24) is 10.3 Å². The van der Waals surface area contributed by atoms with Gasteiger partial charge in [-0.3, -0.25) is 4.79 Å². The smallest absolute Gasteiger partial charge is 0.270 e. The Balaban J connectivity index is 1.33. The average Bonchev–Trinajstić information content (AvgIpc) is 3.28. The Labute approximate surface area is 168 Å². The first-order valence-electron chi connectivity index (χ1n) is 9.13. The van der Waals surface area contributed by atoms with Gasteiger partial charge in [0, 0.05) is 5.69 Å². The molecule has 0 aliphatic carbocycles. The maximum absolute atomic E-state index is 12.1. The van der Waals surface area contributed by atoms with E-state index in [1.54, 1.807) is 30.7 Å². The van der Waals surface area contributed by atoms with Crippen LogP contribution in [0.4, 0.5) is 11.4 Å². The number of para-hydroxylation sites is 1. The van der Waals surface area contributed by atoms with Crippen LogP contribution in [0.15, 0.2) is 95.7 Å². The van der Waals surface area contributed by atoms with Crippen molar-refractivity contribution >= 4 is 17.3 Å². The molecule has 0 aliphatic heterocycles. The van der Waals surface area contributed by atoms with Crippen LogP contribution in [0.2, 0.25) is 0 Å². The molecule has 0 bridgehead atoms. The molecule has 1 amide bonds. The number of hydrogen-bond acceptors (Lipinski definition) is 5. The van der Waals surface area contributed by atoms with E-state index in [0.717, 1.165) is 22.9 Å². The number of aromatic nitrogens is 1. The number of nitrogens with zero attached hydrogens (tertiary/aromatic N) is 1. The fraction of sp³-hybridized carbons (Fsp3) is 0.0435. The Hall–Kier alpha value is -4.06. The van der Waals surface area contributed by atoms with Gasteiger partial charge in [-0.25, -0.2) is 4.98 Å². The lowest BCUT2D eigenvalue weighted by Gasteiger charge is -2.09. The molecule has 4 aromatic rings. The highest BCUT2D eigenvalue weighted by atomic mass is 16.5. The topological polar surface area (TPSA) is 76.4 Å². The van der Waals surface area contributed by atoms with E-state index in [9.17, 15) is 4.79 Å². The number of furan rings is 1. The fourth-order valence-electron chi connectivity index (χ4n) is 2.67. The Kier molecular flexibility index (Phi) is 5.53. The second-order valence-electron chi connectivity index (χ2n) is 6.26. The van der Waals surface area contributed by atoms with E-state index in [0.29, 0.717) is 18.0 Å². The molecule has 0 saturated carbocycles. The van der Waals surface area contributed by atoms with Crippen LogP contribution in [0.1, 0.15) is 16.2 Å². The third-order valence-electron chi connectivity index (χ3n) is 4.12. The van der Waals surface area contributed by atoms with Gasteiger partial charge in [-0.1, -0.05) is 18.2 Å². The number of pyridine rings is 1. The molecule has 29 heavy (non-hydrogen) atoms. The number of carbonyl (C=O) groups excluding carboxylic acids is 1. The van der Waals surface area contributed by atoms with Crippen LogP contribution in [-0.4, -0.2) is 10.9 Å². The van der Waals surface area contributed by atoms with E-state index >= 15 is 0 Å². The van der Waals surface area contributed by atoms with Gasteiger partial charge in [-0.05, 0) is 60.7 Å². The third-order valence-corrected chi connectivity index (χ3v) is 4.12. The van der Waals surface area contributed by atoms with Crippen LogP contribution in [0.3, 0.4) is 0 Å². The van der Waals surface area contributed by atoms with Gasteiger partial charge in [0.25, 0.3) is 5.91 Å². The molecule has 4 rings (SSSR count). The standard InChI is InChI=1S/C23H19N3O3/c27-23(25-16-21-7-4-14-28-21)22-13-10-18(15-24-22)26-17-8-11-20(12-9-17)29-19-5-2-1-3-6-19/h1-15,26H,16H2,(H,25,27). The summed E-state index contributed by atoms with van der Waals surface area (Å²) in [7, 11) is 0. The van der Waals surface area contributed by atoms with Gasteiger partial charge < -0.3 is 19.8 Å². The van der Waals surface area contributed by atoms with Crippen LogP contribution in [0, 0.1) is 0 Å². The van der Waals surface area contributed by atoms with Crippen LogP contribution in [0.5, 0.6) is 11.5 Å². The first-order valence-corrected chi connectivity index (χ1v) is 9.13. The lowest BCUT2D eigenvalue weighted by molar-refractivity contribution is 0.0943. The van der Waals surface area contributed by atoms with Crippen molar-refractivity contribution in [1.29, 1.82) is 0 Å². The van der Waals surface area contributed by atoms with Crippen LogP contribution < -0.4 is 15.4 Å². The molecule has 2 heterocycles. The Morgan fingerprint density at radius 3 is 2.31 bits per heavy atom. The zero-order valence-electron chi connectivity index (χ0n) is 15.5. The van der Waals surface area contributed by atoms with E-state index in [4.69, 9.17) is 9.15 Å². The number of rotatable bonds is 7. The van der Waals surface area contributed by atoms with Gasteiger partial charge in [0.1, 0.15) is 23.0 Å². The first kappa shape index (κ1) is 18.3. The molecule has 0 atom stereocenters. The van der Waals surface area contributed by atoms with Crippen molar-refractivity contribution in [2.24, 2.45) is 0 Å². The van der Waals surface area contributed by atoms with E-state index in [-0.39, 0.29) is 5.91 Å². The second-order valence-corrected chi connectivity index (χ2v) is 6.26. The largest absolute Gasteiger partial charge is 0.467 e. The lowest BCUT2D eigenvalue weighted by atomic mass is 10.2. The Morgan fingerprint density at radius 1 is 0.862 bits per heavy atom. The maximum atomic E-state index is 12.1. The molecule has 0 spiro atoms. The summed E-state index contributed by atoms with van der Waals surface area (Å²) in [5.74, 6) is 1.98. The van der Waals surface area contributed by atoms with Crippen molar-refractivity contribution in [3.63, 3.8) is 0 Å². The predicted molar refractivity (Wildman–Crippen MR) is 110 cm³/mol. The fourth-order valence-corrected chi connectivity index (χ4v) is 2.67. The van der Waals surface area contributed by atoms with E-state index in [1.807, 2.05) is 60.7 Å². The molecule has 2 aromatic heterocycles. The number of nitrogens with one attached hydrogen (secondary N) is 2. The summed E-state index contributed by atoms with van der Waals surface area (Å²) < 4.78 is 11.0. The van der Waals surface area contributed by atoms with Crippen molar-refractivity contribution in [3.8, 4) is 11.5 Å². The molecule has 6 heteroatoms. The number of hydrogen-bond donors (Lipinski definition) is 2. The third kappa shape index (κ3) is 5.01. The summed E-state index contributed by atoms with van der Waals surface area (Å²) >= 11 is 0. The van der Waals surface area contributed by atoms with Gasteiger partial charge in [-0.15, -0.1) is 0 Å². The SMILES string of the molecule is O=C(NCc1ccco1)c1ccc(Nc2ccc(Oc3ccccc3)cc2)cn1. The molecule has 0 radical (unpaired) electrons. The van der Waals surface area contributed by atoms with Gasteiger partial charge in [0.15, 0.2) is 0 Å². The highest BCUT2D eigenvalue weighted by molar-refractivity contribution is 5.92. The summed E-state index contributed by atoms with van der Waals surface area (Å²) in [4.78, 5) is 16.4. The minimum absolute atomic E-state index is 0.254. The molecule has 6 nitrogen and oxygen atoms in total. The van der Waals surface area contributed by atoms with Crippen molar-refractivity contribution in [2.75, 3.05) is 5.32 Å².